The van der Waals surface area contributed by atoms with Gasteiger partial charge in [-0.15, -0.1) is 0 Å². The van der Waals surface area contributed by atoms with Crippen molar-refractivity contribution in [1.29, 1.82) is 0 Å². The van der Waals surface area contributed by atoms with Crippen LogP contribution in [0.3, 0.4) is 0 Å². The highest BCUT2D eigenvalue weighted by molar-refractivity contribution is 5.78. The summed E-state index contributed by atoms with van der Waals surface area (Å²) < 4.78 is 38.1. The summed E-state index contributed by atoms with van der Waals surface area (Å²) in [7, 11) is 0. The first-order chi connectivity index (χ1) is 17.4. The molecule has 0 saturated carbocycles. The zero-order chi connectivity index (χ0) is 25.4. The third-order valence-electron chi connectivity index (χ3n) is 6.48. The molecule has 36 heavy (non-hydrogen) atoms. The molecule has 2 heterocycles. The molecule has 1 amide bonds. The number of halogens is 3. The lowest BCUT2D eigenvalue weighted by Crippen LogP contribution is -2.43. The molecule has 190 valence electrons. The van der Waals surface area contributed by atoms with Crippen molar-refractivity contribution in [3.05, 3.63) is 95.3 Å². The summed E-state index contributed by atoms with van der Waals surface area (Å²) in [5.41, 5.74) is 3.24. The zero-order valence-corrected chi connectivity index (χ0v) is 20.1. The number of nitrogens with zero attached hydrogens (tertiary/aromatic N) is 2. The van der Waals surface area contributed by atoms with E-state index < -0.39 is 11.7 Å². The molecule has 0 radical (unpaired) electrons. The summed E-state index contributed by atoms with van der Waals surface area (Å²) in [6.07, 6.45) is 0.464. The average molecular weight is 497 g/mol. The van der Waals surface area contributed by atoms with Crippen molar-refractivity contribution in [3.63, 3.8) is 0 Å². The predicted octanol–water partition coefficient (Wildman–Crippen LogP) is 4.76. The molecular weight excluding hydrogens is 465 g/mol. The van der Waals surface area contributed by atoms with E-state index in [1.807, 2.05) is 30.3 Å². The summed E-state index contributed by atoms with van der Waals surface area (Å²) in [4.78, 5) is 18.8. The van der Waals surface area contributed by atoms with Crippen molar-refractivity contribution in [2.24, 2.45) is 0 Å². The highest BCUT2D eigenvalue weighted by atomic mass is 19.4. The van der Waals surface area contributed by atoms with E-state index in [4.69, 9.17) is 0 Å². The number of hydrogen-bond acceptors (Lipinski definition) is 4. The SMILES string of the molecule is O=C(Cc1ccc(N2CCC(NCCc3ccc(C(F)(F)F)cc3)CC2)cc1)NCc1ccccn1. The van der Waals surface area contributed by atoms with Crippen molar-refractivity contribution in [3.8, 4) is 0 Å². The van der Waals surface area contributed by atoms with Crippen molar-refractivity contribution in [2.75, 3.05) is 24.5 Å². The van der Waals surface area contributed by atoms with Gasteiger partial charge in [0.1, 0.15) is 0 Å². The van der Waals surface area contributed by atoms with Crippen LogP contribution in [0.2, 0.25) is 0 Å². The van der Waals surface area contributed by atoms with Crippen LogP contribution in [0.1, 0.15) is 35.2 Å². The van der Waals surface area contributed by atoms with Crippen LogP contribution in [-0.4, -0.2) is 36.6 Å². The molecule has 0 atom stereocenters. The Bertz CT molecular complexity index is 1090. The van der Waals surface area contributed by atoms with Gasteiger partial charge in [-0.2, -0.15) is 13.2 Å². The summed E-state index contributed by atoms with van der Waals surface area (Å²) in [5.74, 6) is -0.0309. The second-order valence-electron chi connectivity index (χ2n) is 9.10. The molecule has 5 nitrogen and oxygen atoms in total. The molecule has 1 fully saturated rings. The first-order valence-corrected chi connectivity index (χ1v) is 12.3. The smallest absolute Gasteiger partial charge is 0.371 e. The topological polar surface area (TPSA) is 57.3 Å². The van der Waals surface area contributed by atoms with Crippen molar-refractivity contribution < 1.29 is 18.0 Å². The van der Waals surface area contributed by atoms with Crippen LogP contribution in [-0.2, 0) is 30.4 Å². The first kappa shape index (κ1) is 25.7. The Morgan fingerprint density at radius 3 is 2.28 bits per heavy atom. The second kappa shape index (κ2) is 12.0. The number of rotatable bonds is 9. The fourth-order valence-electron chi connectivity index (χ4n) is 4.39. The van der Waals surface area contributed by atoms with E-state index >= 15 is 0 Å². The number of hydrogen-bond donors (Lipinski definition) is 2. The van der Waals surface area contributed by atoms with Crippen LogP contribution in [0.5, 0.6) is 0 Å². The van der Waals surface area contributed by atoms with Gasteiger partial charge < -0.3 is 15.5 Å². The fourth-order valence-corrected chi connectivity index (χ4v) is 4.39. The number of benzene rings is 2. The maximum absolute atomic E-state index is 12.7. The monoisotopic (exact) mass is 496 g/mol. The van der Waals surface area contributed by atoms with Crippen LogP contribution < -0.4 is 15.5 Å². The Hall–Kier alpha value is -3.39. The van der Waals surface area contributed by atoms with Crippen molar-refractivity contribution >= 4 is 11.6 Å². The minimum Gasteiger partial charge on any atom is -0.371 e. The van der Waals surface area contributed by atoms with E-state index in [-0.39, 0.29) is 5.91 Å². The van der Waals surface area contributed by atoms with Crippen LogP contribution in [0, 0.1) is 0 Å². The molecule has 1 aliphatic heterocycles. The maximum Gasteiger partial charge on any atom is 0.416 e. The minimum atomic E-state index is -4.29. The number of anilines is 1. The van der Waals surface area contributed by atoms with Gasteiger partial charge in [-0.25, -0.2) is 0 Å². The number of amides is 1. The highest BCUT2D eigenvalue weighted by Crippen LogP contribution is 2.29. The Morgan fingerprint density at radius 2 is 1.64 bits per heavy atom. The first-order valence-electron chi connectivity index (χ1n) is 12.3. The molecule has 4 rings (SSSR count). The van der Waals surface area contributed by atoms with Crippen LogP contribution in [0.15, 0.2) is 72.9 Å². The van der Waals surface area contributed by atoms with E-state index in [9.17, 15) is 18.0 Å². The van der Waals surface area contributed by atoms with Crippen molar-refractivity contribution in [2.45, 2.75) is 44.4 Å². The van der Waals surface area contributed by atoms with E-state index in [1.54, 1.807) is 18.3 Å². The summed E-state index contributed by atoms with van der Waals surface area (Å²) in [6, 6.07) is 19.6. The third kappa shape index (κ3) is 7.55. The molecular formula is C28H31F3N4O. The molecule has 1 aliphatic rings. The largest absolute Gasteiger partial charge is 0.416 e. The number of carbonyl (C=O) groups excluding carboxylic acids is 1. The van der Waals surface area contributed by atoms with Gasteiger partial charge in [0.25, 0.3) is 0 Å². The molecule has 0 unspecified atom stereocenters. The van der Waals surface area contributed by atoms with Gasteiger partial charge in [0.15, 0.2) is 0 Å². The molecule has 2 N–H and O–H groups in total. The molecule has 8 heteroatoms. The molecule has 0 aliphatic carbocycles. The van der Waals surface area contributed by atoms with Gasteiger partial charge in [-0.05, 0) is 73.3 Å². The highest BCUT2D eigenvalue weighted by Gasteiger charge is 2.29. The van der Waals surface area contributed by atoms with Crippen molar-refractivity contribution in [1.82, 2.24) is 15.6 Å². The Kier molecular flexibility index (Phi) is 8.59. The quantitative estimate of drug-likeness (QED) is 0.449. The summed E-state index contributed by atoms with van der Waals surface area (Å²) >= 11 is 0. The van der Waals surface area contributed by atoms with E-state index in [1.165, 1.54) is 0 Å². The van der Waals surface area contributed by atoms with Crippen LogP contribution in [0.4, 0.5) is 18.9 Å². The number of alkyl halides is 3. The normalized spacial score (nSPS) is 14.6. The van der Waals surface area contributed by atoms with Gasteiger partial charge in [0.2, 0.25) is 5.91 Å². The lowest BCUT2D eigenvalue weighted by Gasteiger charge is -2.34. The Morgan fingerprint density at radius 1 is 0.944 bits per heavy atom. The Labute approximate surface area is 209 Å². The summed E-state index contributed by atoms with van der Waals surface area (Å²) in [5, 5.41) is 6.45. The van der Waals surface area contributed by atoms with E-state index in [2.05, 4.69) is 32.7 Å². The standard InChI is InChI=1S/C28H31F3N4O/c29-28(30,31)23-8-4-21(5-9-23)12-16-33-24-13-17-35(18-14-24)26-10-6-22(7-11-26)19-27(36)34-20-25-3-1-2-15-32-25/h1-11,15,24,33H,12-14,16-20H2,(H,34,36). The molecule has 2 aromatic carbocycles. The Balaban J connectivity index is 1.15. The number of nitrogens with one attached hydrogen (secondary N) is 2. The molecule has 0 spiro atoms. The summed E-state index contributed by atoms with van der Waals surface area (Å²) in [6.45, 7) is 3.03. The fraction of sp³-hybridized carbons (Fsp3) is 0.357. The van der Waals surface area contributed by atoms with E-state index in [0.29, 0.717) is 25.4 Å². The molecule has 1 saturated heterocycles. The molecule has 0 bridgehead atoms. The number of carbonyl (C=O) groups is 1. The molecule has 3 aromatic rings. The third-order valence-corrected chi connectivity index (χ3v) is 6.48. The lowest BCUT2D eigenvalue weighted by atomic mass is 10.0. The zero-order valence-electron chi connectivity index (χ0n) is 20.1. The lowest BCUT2D eigenvalue weighted by molar-refractivity contribution is -0.137. The van der Waals surface area contributed by atoms with Crippen LogP contribution >= 0.6 is 0 Å². The number of piperidine rings is 1. The van der Waals surface area contributed by atoms with E-state index in [0.717, 1.165) is 67.1 Å². The number of pyridine rings is 1. The van der Waals surface area contributed by atoms with Crippen LogP contribution in [0.25, 0.3) is 0 Å². The maximum atomic E-state index is 12.7. The minimum absolute atomic E-state index is 0.0309. The van der Waals surface area contributed by atoms with Gasteiger partial charge >= 0.3 is 6.18 Å². The number of aromatic nitrogens is 1. The molecule has 1 aromatic heterocycles. The average Bonchev–Trinajstić information content (AvgIpc) is 2.89. The van der Waals surface area contributed by atoms with Gasteiger partial charge in [-0.3, -0.25) is 9.78 Å². The van der Waals surface area contributed by atoms with Gasteiger partial charge in [0, 0.05) is 31.0 Å². The predicted molar refractivity (Wildman–Crippen MR) is 135 cm³/mol. The van der Waals surface area contributed by atoms with Gasteiger partial charge in [-0.1, -0.05) is 30.3 Å². The second-order valence-corrected chi connectivity index (χ2v) is 9.10. The van der Waals surface area contributed by atoms with Gasteiger partial charge in [0.05, 0.1) is 24.2 Å².